The lowest BCUT2D eigenvalue weighted by atomic mass is 10.1. The van der Waals surface area contributed by atoms with Gasteiger partial charge in [0.05, 0.1) is 18.0 Å². The molecule has 0 aromatic heterocycles. The van der Waals surface area contributed by atoms with Crippen molar-refractivity contribution in [3.05, 3.63) is 39.4 Å². The third-order valence-electron chi connectivity index (χ3n) is 2.40. The number of hydrogen-bond donors (Lipinski definition) is 2. The van der Waals surface area contributed by atoms with E-state index in [9.17, 15) is 23.7 Å². The number of benzene rings is 1. The summed E-state index contributed by atoms with van der Waals surface area (Å²) in [7, 11) is 0. The normalized spacial score (nSPS) is 11.2. The minimum Gasteiger partial charge on any atom is -0.346 e. The number of hydrogen-bond acceptors (Lipinski definition) is 4. The summed E-state index contributed by atoms with van der Waals surface area (Å²) < 4.78 is 25.8. The predicted molar refractivity (Wildman–Crippen MR) is 64.2 cm³/mol. The molecule has 0 bridgehead atoms. The molecular weight excluding hydrogens is 260 g/mol. The summed E-state index contributed by atoms with van der Waals surface area (Å²) in [5.41, 5.74) is 4.75. The molecule has 19 heavy (non-hydrogen) atoms. The molecule has 0 aliphatic carbocycles. The third kappa shape index (κ3) is 3.95. The van der Waals surface area contributed by atoms with Crippen LogP contribution in [-0.2, 0) is 0 Å². The lowest BCUT2D eigenvalue weighted by molar-refractivity contribution is -0.385. The topological polar surface area (TPSA) is 98.3 Å². The van der Waals surface area contributed by atoms with Gasteiger partial charge in [-0.15, -0.1) is 0 Å². The van der Waals surface area contributed by atoms with Crippen LogP contribution in [-0.4, -0.2) is 29.8 Å². The lowest BCUT2D eigenvalue weighted by Crippen LogP contribution is -2.41. The first-order valence-electron chi connectivity index (χ1n) is 5.38. The summed E-state index contributed by atoms with van der Waals surface area (Å²) in [6, 6.07) is 3.89. The molecule has 6 nitrogen and oxygen atoms in total. The standard InChI is InChI=1S/C11H13F2N3O3/c1-7-2-3-9(16(18)19)8(4-7)10(17)15-6-11(12,13)5-14/h2-4H,5-6,14H2,1H3,(H,15,17). The second-order valence-corrected chi connectivity index (χ2v) is 4.02. The van der Waals surface area contributed by atoms with Crippen molar-refractivity contribution in [1.29, 1.82) is 0 Å². The number of aryl methyl sites for hydroxylation is 1. The average Bonchev–Trinajstić information content (AvgIpc) is 2.35. The molecule has 1 rings (SSSR count). The quantitative estimate of drug-likeness (QED) is 0.622. The smallest absolute Gasteiger partial charge is 0.282 e. The van der Waals surface area contributed by atoms with Crippen LogP contribution >= 0.6 is 0 Å². The number of rotatable bonds is 5. The maximum absolute atomic E-state index is 12.9. The zero-order valence-electron chi connectivity index (χ0n) is 10.2. The first-order chi connectivity index (χ1) is 8.76. The molecule has 1 amide bonds. The highest BCUT2D eigenvalue weighted by molar-refractivity contribution is 5.98. The van der Waals surface area contributed by atoms with E-state index >= 15 is 0 Å². The number of nitrogens with zero attached hydrogens (tertiary/aromatic N) is 1. The Balaban J connectivity index is 2.93. The molecule has 0 spiro atoms. The van der Waals surface area contributed by atoms with Crippen molar-refractivity contribution in [3.63, 3.8) is 0 Å². The van der Waals surface area contributed by atoms with Crippen molar-refractivity contribution in [2.45, 2.75) is 12.8 Å². The van der Waals surface area contributed by atoms with Gasteiger partial charge in [-0.25, -0.2) is 8.78 Å². The number of halogens is 2. The van der Waals surface area contributed by atoms with Gasteiger partial charge in [0.15, 0.2) is 0 Å². The van der Waals surface area contributed by atoms with Crippen LogP contribution in [0.1, 0.15) is 15.9 Å². The van der Waals surface area contributed by atoms with Gasteiger partial charge in [-0.3, -0.25) is 14.9 Å². The maximum Gasteiger partial charge on any atom is 0.282 e. The SMILES string of the molecule is Cc1ccc([N+](=O)[O-])c(C(=O)NCC(F)(F)CN)c1. The van der Waals surface area contributed by atoms with Gasteiger partial charge in [0.25, 0.3) is 17.5 Å². The molecule has 1 aromatic rings. The first-order valence-corrected chi connectivity index (χ1v) is 5.38. The van der Waals surface area contributed by atoms with Gasteiger partial charge >= 0.3 is 0 Å². The van der Waals surface area contributed by atoms with Crippen molar-refractivity contribution in [2.75, 3.05) is 13.1 Å². The minimum atomic E-state index is -3.24. The summed E-state index contributed by atoms with van der Waals surface area (Å²) in [6.45, 7) is -0.244. The largest absolute Gasteiger partial charge is 0.346 e. The lowest BCUT2D eigenvalue weighted by Gasteiger charge is -2.14. The zero-order chi connectivity index (χ0) is 14.6. The van der Waals surface area contributed by atoms with Gasteiger partial charge in [-0.1, -0.05) is 6.07 Å². The van der Waals surface area contributed by atoms with E-state index in [1.165, 1.54) is 12.1 Å². The Morgan fingerprint density at radius 2 is 2.16 bits per heavy atom. The number of amides is 1. The molecule has 0 saturated carbocycles. The Kier molecular flexibility index (Phi) is 4.49. The number of alkyl halides is 2. The monoisotopic (exact) mass is 273 g/mol. The number of nitrogens with one attached hydrogen (secondary N) is 1. The molecule has 0 radical (unpaired) electrons. The molecule has 0 saturated heterocycles. The van der Waals surface area contributed by atoms with Gasteiger partial charge in [0.2, 0.25) is 0 Å². The van der Waals surface area contributed by atoms with E-state index in [0.29, 0.717) is 5.56 Å². The van der Waals surface area contributed by atoms with E-state index in [-0.39, 0.29) is 5.56 Å². The van der Waals surface area contributed by atoms with Crippen LogP contribution in [0.15, 0.2) is 18.2 Å². The van der Waals surface area contributed by atoms with E-state index in [1.54, 1.807) is 6.92 Å². The van der Waals surface area contributed by atoms with Crippen molar-refractivity contribution < 1.29 is 18.5 Å². The van der Waals surface area contributed by atoms with Crippen LogP contribution in [0.3, 0.4) is 0 Å². The molecule has 0 unspecified atom stereocenters. The zero-order valence-corrected chi connectivity index (χ0v) is 10.2. The fourth-order valence-electron chi connectivity index (χ4n) is 1.37. The summed E-state index contributed by atoms with van der Waals surface area (Å²) >= 11 is 0. The molecule has 1 aromatic carbocycles. The molecular formula is C11H13F2N3O3. The Labute approximate surface area is 107 Å². The molecule has 3 N–H and O–H groups in total. The van der Waals surface area contributed by atoms with Crippen LogP contribution in [0.4, 0.5) is 14.5 Å². The molecule has 0 atom stereocenters. The number of nitro groups is 1. The van der Waals surface area contributed by atoms with E-state index < -0.39 is 35.5 Å². The van der Waals surface area contributed by atoms with Crippen molar-refractivity contribution in [1.82, 2.24) is 5.32 Å². The van der Waals surface area contributed by atoms with Gasteiger partial charge in [-0.2, -0.15) is 0 Å². The van der Waals surface area contributed by atoms with E-state index in [2.05, 4.69) is 0 Å². The summed E-state index contributed by atoms with van der Waals surface area (Å²) in [4.78, 5) is 21.7. The van der Waals surface area contributed by atoms with Crippen LogP contribution in [0.2, 0.25) is 0 Å². The van der Waals surface area contributed by atoms with Crippen molar-refractivity contribution in [3.8, 4) is 0 Å². The molecule has 0 aliphatic rings. The highest BCUT2D eigenvalue weighted by Gasteiger charge is 2.29. The highest BCUT2D eigenvalue weighted by Crippen LogP contribution is 2.20. The average molecular weight is 273 g/mol. The second-order valence-electron chi connectivity index (χ2n) is 4.02. The van der Waals surface area contributed by atoms with Crippen LogP contribution in [0.5, 0.6) is 0 Å². The molecule has 8 heteroatoms. The first kappa shape index (κ1) is 15.0. The predicted octanol–water partition coefficient (Wildman–Crippen LogP) is 1.23. The summed E-state index contributed by atoms with van der Waals surface area (Å²) in [5, 5.41) is 12.7. The fourth-order valence-corrected chi connectivity index (χ4v) is 1.37. The second kappa shape index (κ2) is 5.70. The van der Waals surface area contributed by atoms with Gasteiger partial charge < -0.3 is 11.1 Å². The highest BCUT2D eigenvalue weighted by atomic mass is 19.3. The number of carbonyl (C=O) groups excluding carboxylic acids is 1. The van der Waals surface area contributed by atoms with E-state index in [4.69, 9.17) is 5.73 Å². The maximum atomic E-state index is 12.9. The Bertz CT molecular complexity index is 506. The van der Waals surface area contributed by atoms with Crippen LogP contribution in [0.25, 0.3) is 0 Å². The third-order valence-corrected chi connectivity index (χ3v) is 2.40. The fraction of sp³-hybridized carbons (Fsp3) is 0.364. The summed E-state index contributed by atoms with van der Waals surface area (Å²) in [5.74, 6) is -4.17. The van der Waals surface area contributed by atoms with Crippen molar-refractivity contribution in [2.24, 2.45) is 5.73 Å². The Hall–Kier alpha value is -2.09. The minimum absolute atomic E-state index is 0.252. The Morgan fingerprint density at radius 1 is 1.53 bits per heavy atom. The van der Waals surface area contributed by atoms with Crippen LogP contribution < -0.4 is 11.1 Å². The van der Waals surface area contributed by atoms with E-state index in [0.717, 1.165) is 6.07 Å². The van der Waals surface area contributed by atoms with E-state index in [1.807, 2.05) is 5.32 Å². The molecule has 0 fully saturated rings. The number of nitrogens with two attached hydrogens (primary N) is 1. The van der Waals surface area contributed by atoms with Gasteiger partial charge in [0, 0.05) is 6.07 Å². The van der Waals surface area contributed by atoms with Crippen molar-refractivity contribution >= 4 is 11.6 Å². The molecule has 0 heterocycles. The Morgan fingerprint density at radius 3 is 2.68 bits per heavy atom. The van der Waals surface area contributed by atoms with Gasteiger partial charge in [0.1, 0.15) is 5.56 Å². The number of nitro benzene ring substituents is 1. The number of carbonyl (C=O) groups is 1. The molecule has 0 aliphatic heterocycles. The summed E-state index contributed by atoms with van der Waals surface area (Å²) in [6.07, 6.45) is 0. The van der Waals surface area contributed by atoms with Crippen LogP contribution in [0, 0.1) is 17.0 Å². The van der Waals surface area contributed by atoms with Gasteiger partial charge in [-0.05, 0) is 18.6 Å². The molecule has 104 valence electrons.